The first-order chi connectivity index (χ1) is 12.4. The van der Waals surface area contributed by atoms with Gasteiger partial charge in [-0.25, -0.2) is 0 Å². The molecule has 1 aromatic carbocycles. The number of hydrogen-bond donors (Lipinski definition) is 1. The number of carbonyl (C=O) groups excluding carboxylic acids is 1. The summed E-state index contributed by atoms with van der Waals surface area (Å²) in [5, 5.41) is 14.7. The van der Waals surface area contributed by atoms with Crippen molar-refractivity contribution >= 4 is 5.91 Å². The molecular formula is C20H28N4O2. The Morgan fingerprint density at radius 2 is 2.23 bits per heavy atom. The highest BCUT2D eigenvalue weighted by molar-refractivity contribution is 5.94. The minimum absolute atomic E-state index is 0.0248. The molecule has 1 aliphatic rings. The topological polar surface area (TPSA) is 61.6 Å². The quantitative estimate of drug-likeness (QED) is 0.862. The van der Waals surface area contributed by atoms with Gasteiger partial charge < -0.3 is 10.0 Å². The van der Waals surface area contributed by atoms with Crippen LogP contribution < -0.4 is 0 Å². The molecule has 6 heteroatoms. The molecule has 0 saturated carbocycles. The first-order valence-electron chi connectivity index (χ1n) is 9.15. The third-order valence-electron chi connectivity index (χ3n) is 5.07. The maximum absolute atomic E-state index is 12.2. The van der Waals surface area contributed by atoms with Gasteiger partial charge in [-0.05, 0) is 43.5 Å². The van der Waals surface area contributed by atoms with Crippen LogP contribution in [-0.4, -0.2) is 57.3 Å². The summed E-state index contributed by atoms with van der Waals surface area (Å²) in [5.74, 6) is 0.0248. The average molecular weight is 356 g/mol. The molecule has 0 radical (unpaired) electrons. The molecule has 0 bridgehead atoms. The van der Waals surface area contributed by atoms with Crippen molar-refractivity contribution in [1.29, 1.82) is 0 Å². The Hall–Kier alpha value is -2.18. The van der Waals surface area contributed by atoms with E-state index in [-0.39, 0.29) is 5.91 Å². The Morgan fingerprint density at radius 1 is 1.42 bits per heavy atom. The summed E-state index contributed by atoms with van der Waals surface area (Å²) in [7, 11) is 5.40. The highest BCUT2D eigenvalue weighted by Gasteiger charge is 2.27. The molecule has 3 rings (SSSR count). The van der Waals surface area contributed by atoms with Gasteiger partial charge in [0.25, 0.3) is 5.91 Å². The van der Waals surface area contributed by atoms with Crippen molar-refractivity contribution in [1.82, 2.24) is 19.6 Å². The number of benzene rings is 1. The molecule has 1 N–H and O–H groups in total. The lowest BCUT2D eigenvalue weighted by Gasteiger charge is -2.26. The number of aliphatic hydroxyl groups is 1. The second-order valence-electron chi connectivity index (χ2n) is 7.37. The van der Waals surface area contributed by atoms with Crippen LogP contribution in [0.3, 0.4) is 0 Å². The lowest BCUT2D eigenvalue weighted by Crippen LogP contribution is -2.30. The zero-order valence-electron chi connectivity index (χ0n) is 15.8. The van der Waals surface area contributed by atoms with Gasteiger partial charge in [-0.1, -0.05) is 12.1 Å². The molecule has 140 valence electrons. The monoisotopic (exact) mass is 356 g/mol. The first kappa shape index (κ1) is 18.6. The fourth-order valence-corrected chi connectivity index (χ4v) is 3.67. The van der Waals surface area contributed by atoms with Crippen LogP contribution in [0.1, 0.15) is 46.9 Å². The molecule has 1 aliphatic heterocycles. The number of amides is 1. The Bertz CT molecular complexity index is 756. The first-order valence-corrected chi connectivity index (χ1v) is 9.15. The zero-order valence-corrected chi connectivity index (χ0v) is 15.8. The molecule has 2 atom stereocenters. The number of carbonyl (C=O) groups is 1. The Kier molecular flexibility index (Phi) is 5.74. The van der Waals surface area contributed by atoms with E-state index in [1.807, 2.05) is 31.4 Å². The molecule has 1 fully saturated rings. The van der Waals surface area contributed by atoms with Crippen molar-refractivity contribution in [3.8, 4) is 0 Å². The minimum Gasteiger partial charge on any atom is -0.388 e. The van der Waals surface area contributed by atoms with Crippen LogP contribution in [0.15, 0.2) is 36.7 Å². The van der Waals surface area contributed by atoms with Crippen LogP contribution in [0.25, 0.3) is 0 Å². The summed E-state index contributed by atoms with van der Waals surface area (Å²) in [6, 6.07) is 8.20. The van der Waals surface area contributed by atoms with Crippen LogP contribution in [0.5, 0.6) is 0 Å². The number of likely N-dealkylation sites (tertiary alicyclic amines) is 1. The van der Waals surface area contributed by atoms with Crippen LogP contribution in [0, 0.1) is 0 Å². The smallest absolute Gasteiger partial charge is 0.253 e. The average Bonchev–Trinajstić information content (AvgIpc) is 3.23. The summed E-state index contributed by atoms with van der Waals surface area (Å²) < 4.78 is 1.72. The van der Waals surface area contributed by atoms with Gasteiger partial charge in [-0.15, -0.1) is 0 Å². The molecule has 1 saturated heterocycles. The molecular weight excluding hydrogens is 328 g/mol. The molecule has 2 aromatic rings. The predicted octanol–water partition coefficient (Wildman–Crippen LogP) is 2.21. The second-order valence-corrected chi connectivity index (χ2v) is 7.37. The van der Waals surface area contributed by atoms with Crippen LogP contribution in [0.2, 0.25) is 0 Å². The normalized spacial score (nSPS) is 18.8. The van der Waals surface area contributed by atoms with Crippen molar-refractivity contribution in [2.45, 2.75) is 38.0 Å². The molecule has 2 heterocycles. The SMILES string of the molecule is CN(C)C(=O)c1cccc(CN2CCCC2CC(O)c2cnn(C)c2)c1. The number of rotatable bonds is 6. The number of aliphatic hydroxyl groups excluding tert-OH is 1. The van der Waals surface area contributed by atoms with E-state index in [2.05, 4.69) is 16.1 Å². The van der Waals surface area contributed by atoms with E-state index in [1.165, 1.54) is 0 Å². The van der Waals surface area contributed by atoms with Crippen LogP contribution >= 0.6 is 0 Å². The summed E-state index contributed by atoms with van der Waals surface area (Å²) in [5.41, 5.74) is 2.73. The largest absolute Gasteiger partial charge is 0.388 e. The van der Waals surface area contributed by atoms with Gasteiger partial charge in [0.1, 0.15) is 0 Å². The number of aryl methyl sites for hydroxylation is 1. The molecule has 1 amide bonds. The summed E-state index contributed by atoms with van der Waals surface area (Å²) >= 11 is 0. The predicted molar refractivity (Wildman–Crippen MR) is 101 cm³/mol. The van der Waals surface area contributed by atoms with Gasteiger partial charge in [0.2, 0.25) is 0 Å². The maximum atomic E-state index is 12.2. The van der Waals surface area contributed by atoms with Crippen molar-refractivity contribution in [2.75, 3.05) is 20.6 Å². The highest BCUT2D eigenvalue weighted by Crippen LogP contribution is 2.28. The van der Waals surface area contributed by atoms with E-state index in [1.54, 1.807) is 29.9 Å². The Morgan fingerprint density at radius 3 is 2.92 bits per heavy atom. The van der Waals surface area contributed by atoms with Crippen molar-refractivity contribution in [3.63, 3.8) is 0 Å². The van der Waals surface area contributed by atoms with E-state index in [4.69, 9.17) is 0 Å². The van der Waals surface area contributed by atoms with Crippen molar-refractivity contribution in [3.05, 3.63) is 53.3 Å². The lowest BCUT2D eigenvalue weighted by molar-refractivity contribution is 0.0827. The standard InChI is InChI=1S/C20H28N4O2/c1-22(2)20(26)16-7-4-6-15(10-16)13-24-9-5-8-18(24)11-19(25)17-12-21-23(3)14-17/h4,6-7,10,12,14,18-19,25H,5,8-9,11,13H2,1-3H3. The van der Waals surface area contributed by atoms with Gasteiger partial charge in [0, 0.05) is 51.1 Å². The Labute approximate surface area is 155 Å². The number of aromatic nitrogens is 2. The fraction of sp³-hybridized carbons (Fsp3) is 0.500. The number of nitrogens with zero attached hydrogens (tertiary/aromatic N) is 4. The van der Waals surface area contributed by atoms with Gasteiger partial charge in [0.05, 0.1) is 12.3 Å². The van der Waals surface area contributed by atoms with Gasteiger partial charge in [0.15, 0.2) is 0 Å². The minimum atomic E-state index is -0.490. The van der Waals surface area contributed by atoms with E-state index in [0.29, 0.717) is 12.5 Å². The van der Waals surface area contributed by atoms with Crippen molar-refractivity contribution in [2.24, 2.45) is 7.05 Å². The molecule has 0 aliphatic carbocycles. The van der Waals surface area contributed by atoms with Crippen LogP contribution in [0.4, 0.5) is 0 Å². The fourth-order valence-electron chi connectivity index (χ4n) is 3.67. The third kappa shape index (κ3) is 4.31. The summed E-state index contributed by atoms with van der Waals surface area (Å²) in [6.45, 7) is 1.83. The Balaban J connectivity index is 1.65. The van der Waals surface area contributed by atoms with Gasteiger partial charge in [-0.2, -0.15) is 5.10 Å². The highest BCUT2D eigenvalue weighted by atomic mass is 16.3. The van der Waals surface area contributed by atoms with Crippen LogP contribution in [-0.2, 0) is 13.6 Å². The molecule has 6 nitrogen and oxygen atoms in total. The van der Waals surface area contributed by atoms with E-state index in [9.17, 15) is 9.90 Å². The summed E-state index contributed by atoms with van der Waals surface area (Å²) in [4.78, 5) is 16.2. The third-order valence-corrected chi connectivity index (χ3v) is 5.07. The molecule has 2 unspecified atom stereocenters. The second kappa shape index (κ2) is 8.01. The van der Waals surface area contributed by atoms with E-state index < -0.39 is 6.10 Å². The number of hydrogen-bond acceptors (Lipinski definition) is 4. The molecule has 26 heavy (non-hydrogen) atoms. The zero-order chi connectivity index (χ0) is 18.7. The molecule has 0 spiro atoms. The van der Waals surface area contributed by atoms with E-state index in [0.717, 1.165) is 42.6 Å². The summed E-state index contributed by atoms with van der Waals surface area (Å²) in [6.07, 6.45) is 6.06. The molecule has 1 aromatic heterocycles. The van der Waals surface area contributed by atoms with Gasteiger partial charge in [-0.3, -0.25) is 14.4 Å². The van der Waals surface area contributed by atoms with Gasteiger partial charge >= 0.3 is 0 Å². The maximum Gasteiger partial charge on any atom is 0.253 e. The van der Waals surface area contributed by atoms with E-state index >= 15 is 0 Å². The lowest BCUT2D eigenvalue weighted by atomic mass is 10.0. The van der Waals surface area contributed by atoms with Crippen molar-refractivity contribution < 1.29 is 9.90 Å².